The Bertz CT molecular complexity index is 554. The fourth-order valence-electron chi connectivity index (χ4n) is 1.72. The smallest absolute Gasteiger partial charge is 0.180 e. The molecule has 0 radical (unpaired) electrons. The van der Waals surface area contributed by atoms with Crippen molar-refractivity contribution in [3.8, 4) is 22.8 Å². The summed E-state index contributed by atoms with van der Waals surface area (Å²) >= 11 is 1.39. The van der Waals surface area contributed by atoms with Gasteiger partial charge in [0.15, 0.2) is 5.13 Å². The van der Waals surface area contributed by atoms with Crippen molar-refractivity contribution in [2.24, 2.45) is 5.73 Å². The number of aromatic nitrogens is 1. The minimum absolute atomic E-state index is 0.393. The molecule has 0 saturated heterocycles. The number of nitrogen functional groups attached to an aromatic ring is 1. The van der Waals surface area contributed by atoms with E-state index >= 15 is 0 Å². The Morgan fingerprint density at radius 1 is 1.28 bits per heavy atom. The van der Waals surface area contributed by atoms with Crippen LogP contribution in [-0.4, -0.2) is 19.2 Å². The number of thiazole rings is 1. The number of hydrogen-bond donors (Lipinski definition) is 2. The zero-order valence-corrected chi connectivity index (χ0v) is 11.1. The van der Waals surface area contributed by atoms with E-state index in [9.17, 15) is 0 Å². The maximum Gasteiger partial charge on any atom is 0.180 e. The average molecular weight is 265 g/mol. The second kappa shape index (κ2) is 5.24. The van der Waals surface area contributed by atoms with Crippen LogP contribution in [0.3, 0.4) is 0 Å². The van der Waals surface area contributed by atoms with Gasteiger partial charge in [0.05, 0.1) is 19.9 Å². The van der Waals surface area contributed by atoms with Gasteiger partial charge >= 0.3 is 0 Å². The van der Waals surface area contributed by atoms with Crippen LogP contribution in [0.15, 0.2) is 18.2 Å². The van der Waals surface area contributed by atoms with Gasteiger partial charge in [0.2, 0.25) is 0 Å². The molecule has 0 aliphatic heterocycles. The van der Waals surface area contributed by atoms with Gasteiger partial charge in [-0.3, -0.25) is 0 Å². The molecule has 0 aliphatic carbocycles. The number of methoxy groups -OCH3 is 2. The number of nitrogens with two attached hydrogens (primary N) is 2. The van der Waals surface area contributed by atoms with E-state index in [4.69, 9.17) is 20.9 Å². The quantitative estimate of drug-likeness (QED) is 0.881. The highest BCUT2D eigenvalue weighted by Gasteiger charge is 2.15. The van der Waals surface area contributed by atoms with E-state index in [1.807, 2.05) is 18.2 Å². The highest BCUT2D eigenvalue weighted by Crippen LogP contribution is 2.37. The molecular weight excluding hydrogens is 250 g/mol. The molecule has 1 heterocycles. The van der Waals surface area contributed by atoms with Gasteiger partial charge in [-0.2, -0.15) is 0 Å². The van der Waals surface area contributed by atoms with E-state index in [2.05, 4.69) is 4.98 Å². The summed E-state index contributed by atoms with van der Waals surface area (Å²) in [6, 6.07) is 5.54. The Morgan fingerprint density at radius 2 is 2.06 bits per heavy atom. The van der Waals surface area contributed by atoms with Gasteiger partial charge in [-0.25, -0.2) is 4.98 Å². The summed E-state index contributed by atoms with van der Waals surface area (Å²) in [6.45, 7) is 0.393. The summed E-state index contributed by atoms with van der Waals surface area (Å²) in [4.78, 5) is 5.25. The van der Waals surface area contributed by atoms with Crippen molar-refractivity contribution < 1.29 is 9.47 Å². The Morgan fingerprint density at radius 3 is 2.67 bits per heavy atom. The van der Waals surface area contributed by atoms with Crippen molar-refractivity contribution in [2.75, 3.05) is 20.0 Å². The molecule has 0 fully saturated rings. The lowest BCUT2D eigenvalue weighted by Crippen LogP contribution is -1.97. The number of benzene rings is 1. The van der Waals surface area contributed by atoms with Crippen LogP contribution < -0.4 is 20.9 Å². The highest BCUT2D eigenvalue weighted by atomic mass is 32.1. The third-order valence-electron chi connectivity index (χ3n) is 2.56. The van der Waals surface area contributed by atoms with Crippen molar-refractivity contribution in [1.82, 2.24) is 4.98 Å². The summed E-state index contributed by atoms with van der Waals surface area (Å²) in [5.41, 5.74) is 13.0. The normalized spacial score (nSPS) is 10.4. The summed E-state index contributed by atoms with van der Waals surface area (Å²) in [5, 5.41) is 0.496. The van der Waals surface area contributed by atoms with Crippen LogP contribution in [0.1, 0.15) is 4.88 Å². The fraction of sp³-hybridized carbons (Fsp3) is 0.250. The third kappa shape index (κ3) is 2.25. The molecule has 2 rings (SSSR count). The molecule has 96 valence electrons. The van der Waals surface area contributed by atoms with Gasteiger partial charge in [0.1, 0.15) is 11.5 Å². The maximum absolute atomic E-state index is 5.73. The zero-order valence-electron chi connectivity index (χ0n) is 10.3. The molecule has 2 aromatic rings. The first-order chi connectivity index (χ1) is 8.69. The number of nitrogens with zero attached hydrogens (tertiary/aromatic N) is 1. The van der Waals surface area contributed by atoms with Crippen molar-refractivity contribution in [2.45, 2.75) is 6.54 Å². The van der Waals surface area contributed by atoms with Crippen LogP contribution in [-0.2, 0) is 6.54 Å². The second-order valence-electron chi connectivity index (χ2n) is 3.59. The topological polar surface area (TPSA) is 83.4 Å². The van der Waals surface area contributed by atoms with Gasteiger partial charge in [0.25, 0.3) is 0 Å². The SMILES string of the molecule is COc1ccc(OC)c(-c2nc(N)sc2CN)c1. The molecule has 0 amide bonds. The lowest BCUT2D eigenvalue weighted by molar-refractivity contribution is 0.404. The van der Waals surface area contributed by atoms with Gasteiger partial charge in [0, 0.05) is 17.0 Å². The van der Waals surface area contributed by atoms with Crippen LogP contribution in [0.2, 0.25) is 0 Å². The molecule has 0 aliphatic rings. The van der Waals surface area contributed by atoms with Gasteiger partial charge in [-0.1, -0.05) is 0 Å². The van der Waals surface area contributed by atoms with E-state index in [1.165, 1.54) is 11.3 Å². The van der Waals surface area contributed by atoms with Crippen LogP contribution in [0, 0.1) is 0 Å². The van der Waals surface area contributed by atoms with Crippen LogP contribution in [0.4, 0.5) is 5.13 Å². The summed E-state index contributed by atoms with van der Waals surface area (Å²) in [6.07, 6.45) is 0. The van der Waals surface area contributed by atoms with Crippen molar-refractivity contribution >= 4 is 16.5 Å². The molecule has 0 unspecified atom stereocenters. The van der Waals surface area contributed by atoms with Gasteiger partial charge in [-0.15, -0.1) is 11.3 Å². The lowest BCUT2D eigenvalue weighted by atomic mass is 10.1. The van der Waals surface area contributed by atoms with E-state index in [0.717, 1.165) is 27.6 Å². The lowest BCUT2D eigenvalue weighted by Gasteiger charge is -2.09. The summed E-state index contributed by atoms with van der Waals surface area (Å²) in [7, 11) is 3.23. The highest BCUT2D eigenvalue weighted by molar-refractivity contribution is 7.15. The number of anilines is 1. The summed E-state index contributed by atoms with van der Waals surface area (Å²) < 4.78 is 10.5. The predicted molar refractivity (Wildman–Crippen MR) is 73.0 cm³/mol. The van der Waals surface area contributed by atoms with Crippen LogP contribution in [0.25, 0.3) is 11.3 Å². The molecule has 18 heavy (non-hydrogen) atoms. The largest absolute Gasteiger partial charge is 0.497 e. The molecule has 5 nitrogen and oxygen atoms in total. The molecule has 1 aromatic carbocycles. The first kappa shape index (κ1) is 12.7. The number of hydrogen-bond acceptors (Lipinski definition) is 6. The fourth-order valence-corrected chi connectivity index (χ4v) is 2.44. The van der Waals surface area contributed by atoms with Crippen LogP contribution >= 0.6 is 11.3 Å². The van der Waals surface area contributed by atoms with Gasteiger partial charge in [-0.05, 0) is 18.2 Å². The molecule has 0 bridgehead atoms. The second-order valence-corrected chi connectivity index (χ2v) is 4.71. The Labute approximate surface area is 109 Å². The van der Waals surface area contributed by atoms with Crippen molar-refractivity contribution in [3.05, 3.63) is 23.1 Å². The van der Waals surface area contributed by atoms with Crippen LogP contribution in [0.5, 0.6) is 11.5 Å². The predicted octanol–water partition coefficient (Wildman–Crippen LogP) is 1.87. The molecule has 0 saturated carbocycles. The molecule has 1 aromatic heterocycles. The minimum atomic E-state index is 0.393. The Kier molecular flexibility index (Phi) is 3.69. The van der Waals surface area contributed by atoms with E-state index in [1.54, 1.807) is 14.2 Å². The molecular formula is C12H15N3O2S. The van der Waals surface area contributed by atoms with Crippen molar-refractivity contribution in [3.63, 3.8) is 0 Å². The molecule has 0 spiro atoms. The zero-order chi connectivity index (χ0) is 13.1. The maximum atomic E-state index is 5.73. The third-order valence-corrected chi connectivity index (χ3v) is 3.47. The number of rotatable bonds is 4. The first-order valence-corrected chi connectivity index (χ1v) is 6.19. The van der Waals surface area contributed by atoms with E-state index in [0.29, 0.717) is 11.7 Å². The Balaban J connectivity index is 2.60. The summed E-state index contributed by atoms with van der Waals surface area (Å²) in [5.74, 6) is 1.45. The Hall–Kier alpha value is -1.79. The standard InChI is InChI=1S/C12H15N3O2S/c1-16-7-3-4-9(17-2)8(5-7)11-10(6-13)18-12(14)15-11/h3-5H,6,13H2,1-2H3,(H2,14,15). The van der Waals surface area contributed by atoms with Gasteiger partial charge < -0.3 is 20.9 Å². The first-order valence-electron chi connectivity index (χ1n) is 5.37. The molecule has 6 heteroatoms. The number of ether oxygens (including phenoxy) is 2. The molecule has 4 N–H and O–H groups in total. The average Bonchev–Trinajstić information content (AvgIpc) is 2.79. The monoisotopic (exact) mass is 265 g/mol. The van der Waals surface area contributed by atoms with E-state index in [-0.39, 0.29) is 0 Å². The minimum Gasteiger partial charge on any atom is -0.497 e. The molecule has 0 atom stereocenters. The van der Waals surface area contributed by atoms with Crippen molar-refractivity contribution in [1.29, 1.82) is 0 Å². The van der Waals surface area contributed by atoms with E-state index < -0.39 is 0 Å².